The molecule has 4 rings (SSSR count). The zero-order valence-electron chi connectivity index (χ0n) is 14.2. The Hall–Kier alpha value is -0.630. The summed E-state index contributed by atoms with van der Waals surface area (Å²) in [6.07, 6.45) is 7.11. The van der Waals surface area contributed by atoms with Gasteiger partial charge in [-0.2, -0.15) is 0 Å². The molecule has 0 bridgehead atoms. The molecule has 0 aliphatic heterocycles. The Labute approximate surface area is 134 Å². The Morgan fingerprint density at radius 2 is 1.73 bits per heavy atom. The van der Waals surface area contributed by atoms with Gasteiger partial charge in [-0.05, 0) is 79.1 Å². The molecule has 9 unspecified atom stereocenters. The fourth-order valence-corrected chi connectivity index (χ4v) is 7.02. The van der Waals surface area contributed by atoms with Crippen LogP contribution < -0.4 is 0 Å². The summed E-state index contributed by atoms with van der Waals surface area (Å²) >= 11 is 0. The summed E-state index contributed by atoms with van der Waals surface area (Å²) in [5, 5.41) is 10.5. The van der Waals surface area contributed by atoms with Crippen LogP contribution in [0.3, 0.4) is 0 Å². The smallest absolute Gasteiger partial charge is 0.155 e. The molecule has 0 spiro atoms. The van der Waals surface area contributed by atoms with E-state index >= 15 is 0 Å². The molecule has 2 nitrogen and oxygen atoms in total. The van der Waals surface area contributed by atoms with E-state index in [0.29, 0.717) is 35.4 Å². The van der Waals surface area contributed by atoms with Gasteiger partial charge in [-0.25, -0.2) is 0 Å². The number of aliphatic hydroxyl groups excluding tert-OH is 1. The maximum absolute atomic E-state index is 11.8. The van der Waals surface area contributed by atoms with Crippen LogP contribution in [0.2, 0.25) is 0 Å². The summed E-state index contributed by atoms with van der Waals surface area (Å²) in [7, 11) is 0. The van der Waals surface area contributed by atoms with Crippen molar-refractivity contribution in [3.05, 3.63) is 11.6 Å². The molecule has 0 aromatic carbocycles. The zero-order chi connectivity index (χ0) is 15.6. The van der Waals surface area contributed by atoms with E-state index in [9.17, 15) is 9.90 Å². The molecule has 3 saturated carbocycles. The average molecular weight is 302 g/mol. The van der Waals surface area contributed by atoms with Gasteiger partial charge in [0.25, 0.3) is 0 Å². The van der Waals surface area contributed by atoms with Gasteiger partial charge in [0.1, 0.15) is 0 Å². The Morgan fingerprint density at radius 1 is 1.00 bits per heavy atom. The highest BCUT2D eigenvalue weighted by atomic mass is 16.3. The van der Waals surface area contributed by atoms with Crippen LogP contribution in [0, 0.1) is 47.3 Å². The van der Waals surface area contributed by atoms with Crippen LogP contribution in [0.15, 0.2) is 11.6 Å². The third-order valence-electron chi connectivity index (χ3n) is 7.92. The molecule has 0 saturated heterocycles. The van der Waals surface area contributed by atoms with Crippen LogP contribution in [0.25, 0.3) is 0 Å². The number of fused-ring (bicyclic) bond motifs is 5. The number of carbonyl (C=O) groups is 1. The molecule has 3 fully saturated rings. The summed E-state index contributed by atoms with van der Waals surface area (Å²) in [4.78, 5) is 11.8. The first kappa shape index (κ1) is 14.9. The van der Waals surface area contributed by atoms with Crippen molar-refractivity contribution < 1.29 is 9.90 Å². The molecule has 1 N–H and O–H groups in total. The second kappa shape index (κ2) is 5.19. The van der Waals surface area contributed by atoms with Gasteiger partial charge in [0, 0.05) is 6.42 Å². The normalized spacial score (nSPS) is 54.3. The van der Waals surface area contributed by atoms with Crippen LogP contribution in [-0.2, 0) is 4.79 Å². The van der Waals surface area contributed by atoms with Crippen molar-refractivity contribution in [1.82, 2.24) is 0 Å². The fraction of sp³-hybridized carbons (Fsp3) is 0.850. The summed E-state index contributed by atoms with van der Waals surface area (Å²) in [5.41, 5.74) is 1.46. The fourth-order valence-electron chi connectivity index (χ4n) is 7.02. The minimum atomic E-state index is -0.0690. The van der Waals surface area contributed by atoms with Crippen molar-refractivity contribution in [2.45, 2.75) is 59.0 Å². The summed E-state index contributed by atoms with van der Waals surface area (Å²) in [6, 6.07) is 0. The molecular weight excluding hydrogens is 272 g/mol. The standard InChI is InChI=1S/C20H30O2/c1-10-8-13-9-14(21)4-5-15(13)20-12(3)11(2)19-16(18(10)20)6-7-17(19)22/h9-12,15-20,22H,4-8H2,1-3H3. The first-order valence-electron chi connectivity index (χ1n) is 9.40. The lowest BCUT2D eigenvalue weighted by Crippen LogP contribution is -2.52. The molecule has 0 aromatic rings. The second-order valence-electron chi connectivity index (χ2n) is 8.77. The molecule has 0 radical (unpaired) electrons. The van der Waals surface area contributed by atoms with Crippen molar-refractivity contribution in [1.29, 1.82) is 0 Å². The predicted molar refractivity (Wildman–Crippen MR) is 87.1 cm³/mol. The minimum absolute atomic E-state index is 0.0690. The van der Waals surface area contributed by atoms with E-state index in [-0.39, 0.29) is 6.10 Å². The summed E-state index contributed by atoms with van der Waals surface area (Å²) in [6.45, 7) is 7.21. The van der Waals surface area contributed by atoms with Gasteiger partial charge >= 0.3 is 0 Å². The second-order valence-corrected chi connectivity index (χ2v) is 8.77. The molecule has 22 heavy (non-hydrogen) atoms. The Kier molecular flexibility index (Phi) is 3.52. The third-order valence-corrected chi connectivity index (χ3v) is 7.92. The van der Waals surface area contributed by atoms with E-state index < -0.39 is 0 Å². The van der Waals surface area contributed by atoms with Crippen LogP contribution in [-0.4, -0.2) is 17.0 Å². The number of allylic oxidation sites excluding steroid dienone is 1. The lowest BCUT2D eigenvalue weighted by atomic mass is 9.48. The monoisotopic (exact) mass is 302 g/mol. The average Bonchev–Trinajstić information content (AvgIpc) is 2.85. The van der Waals surface area contributed by atoms with E-state index in [0.717, 1.165) is 43.4 Å². The van der Waals surface area contributed by atoms with E-state index in [1.54, 1.807) is 0 Å². The molecule has 0 heterocycles. The van der Waals surface area contributed by atoms with Gasteiger partial charge in [0.15, 0.2) is 5.78 Å². The van der Waals surface area contributed by atoms with E-state index in [1.165, 1.54) is 12.0 Å². The lowest BCUT2D eigenvalue weighted by Gasteiger charge is -2.57. The number of hydrogen-bond donors (Lipinski definition) is 1. The zero-order valence-corrected chi connectivity index (χ0v) is 14.2. The SMILES string of the molecule is CC1CC2=CC(=O)CCC2C2C(C)C(C)C3C(O)CCC3C12. The number of carbonyl (C=O) groups excluding carboxylic acids is 1. The summed E-state index contributed by atoms with van der Waals surface area (Å²) in [5.74, 6) is 5.71. The highest BCUT2D eigenvalue weighted by Gasteiger charge is 2.57. The Balaban J connectivity index is 1.73. The maximum atomic E-state index is 11.8. The quantitative estimate of drug-likeness (QED) is 0.738. The Bertz CT molecular complexity index is 508. The molecule has 122 valence electrons. The van der Waals surface area contributed by atoms with Crippen LogP contribution in [0.1, 0.15) is 52.9 Å². The first-order chi connectivity index (χ1) is 10.5. The van der Waals surface area contributed by atoms with Crippen LogP contribution >= 0.6 is 0 Å². The van der Waals surface area contributed by atoms with Gasteiger partial charge in [-0.1, -0.05) is 26.3 Å². The largest absolute Gasteiger partial charge is 0.393 e. The van der Waals surface area contributed by atoms with Crippen LogP contribution in [0.4, 0.5) is 0 Å². The predicted octanol–water partition coefficient (Wildman–Crippen LogP) is 3.84. The van der Waals surface area contributed by atoms with Crippen molar-refractivity contribution in [2.24, 2.45) is 47.3 Å². The molecule has 4 aliphatic carbocycles. The topological polar surface area (TPSA) is 37.3 Å². The molecule has 0 aromatic heterocycles. The van der Waals surface area contributed by atoms with Crippen molar-refractivity contribution >= 4 is 5.78 Å². The third kappa shape index (κ3) is 1.99. The van der Waals surface area contributed by atoms with Crippen LogP contribution in [0.5, 0.6) is 0 Å². The van der Waals surface area contributed by atoms with Gasteiger partial charge < -0.3 is 5.11 Å². The highest BCUT2D eigenvalue weighted by molar-refractivity contribution is 5.91. The maximum Gasteiger partial charge on any atom is 0.155 e. The van der Waals surface area contributed by atoms with Gasteiger partial charge in [-0.3, -0.25) is 4.79 Å². The number of hydrogen-bond acceptors (Lipinski definition) is 2. The van der Waals surface area contributed by atoms with Crippen molar-refractivity contribution in [3.8, 4) is 0 Å². The van der Waals surface area contributed by atoms with Crippen molar-refractivity contribution in [2.75, 3.05) is 0 Å². The molecule has 0 amide bonds. The summed E-state index contributed by atoms with van der Waals surface area (Å²) < 4.78 is 0. The number of ketones is 1. The molecule has 9 atom stereocenters. The number of rotatable bonds is 0. The molecule has 2 heteroatoms. The first-order valence-corrected chi connectivity index (χ1v) is 9.40. The molecule has 4 aliphatic rings. The van der Waals surface area contributed by atoms with E-state index in [2.05, 4.69) is 20.8 Å². The van der Waals surface area contributed by atoms with Crippen molar-refractivity contribution in [3.63, 3.8) is 0 Å². The lowest BCUT2D eigenvalue weighted by molar-refractivity contribution is -0.117. The Morgan fingerprint density at radius 3 is 2.50 bits per heavy atom. The van der Waals surface area contributed by atoms with E-state index in [1.807, 2.05) is 6.08 Å². The molecular formula is C20H30O2. The highest BCUT2D eigenvalue weighted by Crippen LogP contribution is 2.61. The van der Waals surface area contributed by atoms with Gasteiger partial charge in [-0.15, -0.1) is 0 Å². The van der Waals surface area contributed by atoms with Gasteiger partial charge in [0.05, 0.1) is 6.10 Å². The van der Waals surface area contributed by atoms with E-state index in [4.69, 9.17) is 0 Å². The number of aliphatic hydroxyl groups is 1. The van der Waals surface area contributed by atoms with Gasteiger partial charge in [0.2, 0.25) is 0 Å². The minimum Gasteiger partial charge on any atom is -0.393 e.